The second-order valence-electron chi connectivity index (χ2n) is 7.50. The lowest BCUT2D eigenvalue weighted by atomic mass is 9.99. The Labute approximate surface area is 155 Å². The van der Waals surface area contributed by atoms with Crippen LogP contribution in [-0.2, 0) is 4.74 Å². The minimum absolute atomic E-state index is 0.176. The summed E-state index contributed by atoms with van der Waals surface area (Å²) in [6, 6.07) is 3.08. The van der Waals surface area contributed by atoms with Crippen LogP contribution in [0.5, 0.6) is 0 Å². The standard InChI is InChI=1S/C16H24N4O4.C2H6/c1-15(2,3)24-14(21)19-9-8-18(11-16(19,4)5)12-6-7-13(17-10-12)20(22)23;1-2/h6-7,10H,8-9,11H2,1-5H3;1-2H3. The first-order valence-corrected chi connectivity index (χ1v) is 8.86. The minimum Gasteiger partial charge on any atom is -0.444 e. The van der Waals surface area contributed by atoms with E-state index in [0.717, 1.165) is 5.69 Å². The van der Waals surface area contributed by atoms with Crippen molar-refractivity contribution in [1.82, 2.24) is 9.88 Å². The van der Waals surface area contributed by atoms with E-state index in [1.54, 1.807) is 11.0 Å². The molecule has 0 saturated carbocycles. The number of piperazine rings is 1. The van der Waals surface area contributed by atoms with Crippen molar-refractivity contribution in [2.24, 2.45) is 0 Å². The molecule has 0 N–H and O–H groups in total. The summed E-state index contributed by atoms with van der Waals surface area (Å²) in [7, 11) is 0. The molecule has 0 radical (unpaired) electrons. The maximum Gasteiger partial charge on any atom is 0.410 e. The van der Waals surface area contributed by atoms with Crippen LogP contribution in [0.25, 0.3) is 0 Å². The van der Waals surface area contributed by atoms with Gasteiger partial charge in [-0.05, 0) is 50.6 Å². The predicted octanol–water partition coefficient (Wildman–Crippen LogP) is 3.85. The molecule has 26 heavy (non-hydrogen) atoms. The van der Waals surface area contributed by atoms with Gasteiger partial charge in [-0.2, -0.15) is 0 Å². The van der Waals surface area contributed by atoms with Crippen LogP contribution in [0.3, 0.4) is 0 Å². The SMILES string of the molecule is CC.CC(C)(C)OC(=O)N1CCN(c2ccc([N+](=O)[O-])nc2)CC1(C)C. The molecule has 0 bridgehead atoms. The number of nitro groups is 1. The van der Waals surface area contributed by atoms with Crippen molar-refractivity contribution >= 4 is 17.6 Å². The molecule has 0 aromatic carbocycles. The quantitative estimate of drug-likeness (QED) is 0.583. The summed E-state index contributed by atoms with van der Waals surface area (Å²) in [5.74, 6) is -0.176. The fourth-order valence-electron chi connectivity index (χ4n) is 2.70. The van der Waals surface area contributed by atoms with Gasteiger partial charge < -0.3 is 19.8 Å². The highest BCUT2D eigenvalue weighted by molar-refractivity contribution is 5.70. The molecule has 146 valence electrons. The van der Waals surface area contributed by atoms with Crippen LogP contribution < -0.4 is 4.90 Å². The number of carbonyl (C=O) groups excluding carboxylic acids is 1. The minimum atomic E-state index is -0.535. The Morgan fingerprint density at radius 1 is 1.27 bits per heavy atom. The van der Waals surface area contributed by atoms with Crippen LogP contribution >= 0.6 is 0 Å². The van der Waals surface area contributed by atoms with Crippen LogP contribution in [0.15, 0.2) is 18.3 Å². The largest absolute Gasteiger partial charge is 0.444 e. The van der Waals surface area contributed by atoms with Crippen molar-refractivity contribution in [2.45, 2.75) is 59.6 Å². The number of ether oxygens (including phenoxy) is 1. The monoisotopic (exact) mass is 366 g/mol. The number of rotatable bonds is 2. The predicted molar refractivity (Wildman–Crippen MR) is 101 cm³/mol. The third-order valence-electron chi connectivity index (χ3n) is 3.80. The molecule has 2 rings (SSSR count). The van der Waals surface area contributed by atoms with Gasteiger partial charge >= 0.3 is 11.9 Å². The van der Waals surface area contributed by atoms with Gasteiger partial charge in [0.15, 0.2) is 6.20 Å². The lowest BCUT2D eigenvalue weighted by Gasteiger charge is -2.47. The van der Waals surface area contributed by atoms with Crippen LogP contribution in [0.4, 0.5) is 16.3 Å². The topological polar surface area (TPSA) is 88.8 Å². The van der Waals surface area contributed by atoms with Crippen molar-refractivity contribution in [3.8, 4) is 0 Å². The molecule has 8 heteroatoms. The van der Waals surface area contributed by atoms with E-state index < -0.39 is 16.1 Å². The summed E-state index contributed by atoms with van der Waals surface area (Å²) in [4.78, 5) is 30.2. The molecule has 8 nitrogen and oxygen atoms in total. The molecule has 0 spiro atoms. The number of anilines is 1. The number of amides is 1. The van der Waals surface area contributed by atoms with E-state index in [1.807, 2.05) is 48.5 Å². The Bertz CT molecular complexity index is 623. The average Bonchev–Trinajstić information content (AvgIpc) is 2.54. The Hall–Kier alpha value is -2.38. The van der Waals surface area contributed by atoms with Gasteiger partial charge in [-0.1, -0.05) is 13.8 Å². The highest BCUT2D eigenvalue weighted by Crippen LogP contribution is 2.27. The van der Waals surface area contributed by atoms with Crippen molar-refractivity contribution in [3.05, 3.63) is 28.4 Å². The van der Waals surface area contributed by atoms with Crippen LogP contribution in [0.2, 0.25) is 0 Å². The van der Waals surface area contributed by atoms with Gasteiger partial charge in [0.05, 0.1) is 11.2 Å². The molecule has 1 fully saturated rings. The second-order valence-corrected chi connectivity index (χ2v) is 7.50. The molecule has 1 saturated heterocycles. The molecular formula is C18H30N4O4. The second kappa shape index (κ2) is 8.33. The number of hydrogen-bond donors (Lipinski definition) is 0. The van der Waals surface area contributed by atoms with Crippen LogP contribution in [0, 0.1) is 10.1 Å². The van der Waals surface area contributed by atoms with Gasteiger partial charge in [-0.25, -0.2) is 4.79 Å². The zero-order valence-corrected chi connectivity index (χ0v) is 16.8. The lowest BCUT2D eigenvalue weighted by molar-refractivity contribution is -0.389. The zero-order chi connectivity index (χ0) is 20.1. The van der Waals surface area contributed by atoms with Crippen molar-refractivity contribution < 1.29 is 14.5 Å². The van der Waals surface area contributed by atoms with E-state index in [-0.39, 0.29) is 11.9 Å². The average molecular weight is 366 g/mol. The molecule has 0 atom stereocenters. The molecule has 0 unspecified atom stereocenters. The molecule has 1 amide bonds. The third kappa shape index (κ3) is 5.57. The number of carbonyl (C=O) groups is 1. The van der Waals surface area contributed by atoms with Crippen molar-refractivity contribution in [2.75, 3.05) is 24.5 Å². The first-order valence-electron chi connectivity index (χ1n) is 8.86. The molecule has 1 aromatic heterocycles. The smallest absolute Gasteiger partial charge is 0.410 e. The molecule has 0 aliphatic carbocycles. The zero-order valence-electron chi connectivity index (χ0n) is 16.8. The van der Waals surface area contributed by atoms with Gasteiger partial charge in [0.25, 0.3) is 0 Å². The van der Waals surface area contributed by atoms with Gasteiger partial charge in [0.1, 0.15) is 5.60 Å². The van der Waals surface area contributed by atoms with Crippen LogP contribution in [-0.4, -0.2) is 51.7 Å². The number of pyridine rings is 1. The van der Waals surface area contributed by atoms with Crippen molar-refractivity contribution in [3.63, 3.8) is 0 Å². The highest BCUT2D eigenvalue weighted by Gasteiger charge is 2.39. The summed E-state index contributed by atoms with van der Waals surface area (Å²) in [5.41, 5.74) is -0.160. The van der Waals surface area contributed by atoms with E-state index in [1.165, 1.54) is 12.3 Å². The lowest BCUT2D eigenvalue weighted by Crippen LogP contribution is -2.61. The molecule has 2 heterocycles. The highest BCUT2D eigenvalue weighted by atomic mass is 16.6. The van der Waals surface area contributed by atoms with E-state index in [9.17, 15) is 14.9 Å². The van der Waals surface area contributed by atoms with E-state index >= 15 is 0 Å². The number of aromatic nitrogens is 1. The number of hydrogen-bond acceptors (Lipinski definition) is 6. The molecule has 1 aromatic rings. The van der Waals surface area contributed by atoms with E-state index in [2.05, 4.69) is 9.88 Å². The number of nitrogens with zero attached hydrogens (tertiary/aromatic N) is 4. The van der Waals surface area contributed by atoms with Crippen molar-refractivity contribution in [1.29, 1.82) is 0 Å². The normalized spacial score (nSPS) is 16.4. The molecule has 1 aliphatic heterocycles. The fraction of sp³-hybridized carbons (Fsp3) is 0.667. The Morgan fingerprint density at radius 3 is 2.31 bits per heavy atom. The van der Waals surface area contributed by atoms with Gasteiger partial charge in [0, 0.05) is 25.7 Å². The van der Waals surface area contributed by atoms with E-state index in [4.69, 9.17) is 4.74 Å². The van der Waals surface area contributed by atoms with Crippen LogP contribution in [0.1, 0.15) is 48.5 Å². The molecular weight excluding hydrogens is 336 g/mol. The Morgan fingerprint density at radius 2 is 1.88 bits per heavy atom. The first kappa shape index (κ1) is 21.7. The maximum atomic E-state index is 12.4. The van der Waals surface area contributed by atoms with Gasteiger partial charge in [-0.3, -0.25) is 4.90 Å². The van der Waals surface area contributed by atoms with Gasteiger partial charge in [0.2, 0.25) is 0 Å². The maximum absolute atomic E-state index is 12.4. The summed E-state index contributed by atoms with van der Waals surface area (Å²) in [5, 5.41) is 10.7. The Kier molecular flexibility index (Phi) is 6.94. The Balaban J connectivity index is 0.00000163. The summed E-state index contributed by atoms with van der Waals surface area (Å²) >= 11 is 0. The molecule has 1 aliphatic rings. The van der Waals surface area contributed by atoms with Gasteiger partial charge in [-0.15, -0.1) is 0 Å². The first-order chi connectivity index (χ1) is 12.0. The summed E-state index contributed by atoms with van der Waals surface area (Å²) in [6.45, 7) is 15.2. The fourth-order valence-corrected chi connectivity index (χ4v) is 2.70. The summed E-state index contributed by atoms with van der Waals surface area (Å²) < 4.78 is 5.48. The third-order valence-corrected chi connectivity index (χ3v) is 3.80. The van der Waals surface area contributed by atoms with E-state index in [0.29, 0.717) is 19.6 Å². The summed E-state index contributed by atoms with van der Waals surface area (Å²) in [6.07, 6.45) is 1.17.